The van der Waals surface area contributed by atoms with Crippen LogP contribution in [0, 0.1) is 6.92 Å². The Morgan fingerprint density at radius 1 is 1.21 bits per heavy atom. The fraction of sp³-hybridized carbons (Fsp3) is 0.476. The molecule has 0 aliphatic heterocycles. The van der Waals surface area contributed by atoms with E-state index in [1.807, 2.05) is 19.1 Å². The number of amides is 1. The predicted molar refractivity (Wildman–Crippen MR) is 106 cm³/mol. The first-order valence-electron chi connectivity index (χ1n) is 10.4. The Balaban J connectivity index is 1.43. The summed E-state index contributed by atoms with van der Waals surface area (Å²) in [4.78, 5) is 21.8. The Hall–Kier alpha value is -3.03. The van der Waals surface area contributed by atoms with Crippen molar-refractivity contribution in [3.63, 3.8) is 0 Å². The molecule has 2 aliphatic carbocycles. The molecule has 3 heterocycles. The molecule has 0 bridgehead atoms. The summed E-state index contributed by atoms with van der Waals surface area (Å²) < 4.78 is 7.16. The summed E-state index contributed by atoms with van der Waals surface area (Å²) in [5, 5.41) is 11.7. The molecular formula is C21H24N6O2. The van der Waals surface area contributed by atoms with Gasteiger partial charge >= 0.3 is 0 Å². The van der Waals surface area contributed by atoms with E-state index in [1.54, 1.807) is 17.1 Å². The van der Waals surface area contributed by atoms with Crippen LogP contribution in [0.4, 0.5) is 0 Å². The minimum Gasteiger partial charge on any atom is -0.349 e. The topological polar surface area (TPSA) is 98.7 Å². The Labute approximate surface area is 168 Å². The smallest absolute Gasteiger partial charge is 0.261 e. The van der Waals surface area contributed by atoms with E-state index in [-0.39, 0.29) is 11.9 Å². The second-order valence-electron chi connectivity index (χ2n) is 7.97. The van der Waals surface area contributed by atoms with E-state index in [9.17, 15) is 4.79 Å². The van der Waals surface area contributed by atoms with Crippen molar-refractivity contribution < 1.29 is 9.32 Å². The van der Waals surface area contributed by atoms with Gasteiger partial charge in [-0.15, -0.1) is 0 Å². The van der Waals surface area contributed by atoms with Gasteiger partial charge in [-0.05, 0) is 44.7 Å². The Morgan fingerprint density at radius 2 is 2.03 bits per heavy atom. The van der Waals surface area contributed by atoms with Crippen molar-refractivity contribution in [2.24, 2.45) is 0 Å². The zero-order valence-electron chi connectivity index (χ0n) is 16.5. The van der Waals surface area contributed by atoms with Crippen LogP contribution < -0.4 is 5.32 Å². The zero-order valence-corrected chi connectivity index (χ0v) is 16.5. The second kappa shape index (κ2) is 7.42. The van der Waals surface area contributed by atoms with Gasteiger partial charge in [-0.25, -0.2) is 9.67 Å². The van der Waals surface area contributed by atoms with Crippen LogP contribution in [0.15, 0.2) is 29.0 Å². The molecule has 3 aromatic rings. The molecule has 3 aromatic heterocycles. The fourth-order valence-corrected chi connectivity index (χ4v) is 3.94. The molecule has 1 N–H and O–H groups in total. The van der Waals surface area contributed by atoms with E-state index in [0.717, 1.165) is 37.2 Å². The zero-order chi connectivity index (χ0) is 19.8. The first-order valence-corrected chi connectivity index (χ1v) is 10.4. The molecule has 0 unspecified atom stereocenters. The minimum absolute atomic E-state index is 0.0769. The highest BCUT2D eigenvalue weighted by Crippen LogP contribution is 2.39. The van der Waals surface area contributed by atoms with Crippen LogP contribution in [-0.4, -0.2) is 36.9 Å². The van der Waals surface area contributed by atoms with Gasteiger partial charge < -0.3 is 9.84 Å². The average molecular weight is 392 g/mol. The molecule has 150 valence electrons. The molecule has 2 fully saturated rings. The van der Waals surface area contributed by atoms with Gasteiger partial charge in [0, 0.05) is 18.2 Å². The van der Waals surface area contributed by atoms with Crippen LogP contribution in [0.3, 0.4) is 0 Å². The standard InChI is InChI=1S/C21H24N6O2/c1-13-17(20(28)24-15-6-3-2-4-7-15)12-23-27(13)19-16(8-5-11-22-19)21-25-18(26-29-21)14-9-10-14/h5,8,11-12,14-15H,2-4,6-7,9-10H2,1H3,(H,24,28). The van der Waals surface area contributed by atoms with Crippen molar-refractivity contribution in [2.75, 3.05) is 0 Å². The maximum absolute atomic E-state index is 12.8. The summed E-state index contributed by atoms with van der Waals surface area (Å²) in [6.07, 6.45) is 11.2. The highest BCUT2D eigenvalue weighted by Gasteiger charge is 2.30. The summed E-state index contributed by atoms with van der Waals surface area (Å²) >= 11 is 0. The monoisotopic (exact) mass is 392 g/mol. The van der Waals surface area contributed by atoms with Gasteiger partial charge in [0.25, 0.3) is 11.8 Å². The van der Waals surface area contributed by atoms with Gasteiger partial charge in [-0.2, -0.15) is 10.1 Å². The number of carbonyl (C=O) groups excluding carboxylic acids is 1. The number of pyridine rings is 1. The highest BCUT2D eigenvalue weighted by molar-refractivity contribution is 5.95. The molecule has 0 radical (unpaired) electrons. The largest absolute Gasteiger partial charge is 0.349 e. The van der Waals surface area contributed by atoms with Crippen molar-refractivity contribution in [3.05, 3.63) is 41.6 Å². The Morgan fingerprint density at radius 3 is 2.83 bits per heavy atom. The van der Waals surface area contributed by atoms with E-state index in [1.165, 1.54) is 19.3 Å². The molecule has 2 aliphatic rings. The van der Waals surface area contributed by atoms with Crippen LogP contribution in [-0.2, 0) is 0 Å². The van der Waals surface area contributed by atoms with Crippen LogP contribution in [0.2, 0.25) is 0 Å². The van der Waals surface area contributed by atoms with Gasteiger partial charge in [-0.1, -0.05) is 24.4 Å². The summed E-state index contributed by atoms with van der Waals surface area (Å²) in [5.41, 5.74) is 2.01. The SMILES string of the molecule is Cc1c(C(=O)NC2CCCCC2)cnn1-c1ncccc1-c1nc(C2CC2)no1. The van der Waals surface area contributed by atoms with Crippen molar-refractivity contribution in [2.45, 2.75) is 63.8 Å². The third-order valence-corrected chi connectivity index (χ3v) is 5.80. The van der Waals surface area contributed by atoms with Crippen LogP contribution in [0.1, 0.15) is 72.7 Å². The maximum atomic E-state index is 12.8. The fourth-order valence-electron chi connectivity index (χ4n) is 3.94. The average Bonchev–Trinajstić information content (AvgIpc) is 3.35. The third-order valence-electron chi connectivity index (χ3n) is 5.80. The third kappa shape index (κ3) is 3.54. The van der Waals surface area contributed by atoms with E-state index >= 15 is 0 Å². The second-order valence-corrected chi connectivity index (χ2v) is 7.97. The number of aromatic nitrogens is 5. The maximum Gasteiger partial charge on any atom is 0.261 e. The van der Waals surface area contributed by atoms with Crippen molar-refractivity contribution in [1.82, 2.24) is 30.2 Å². The Bertz CT molecular complexity index is 1030. The molecule has 8 heteroatoms. The molecule has 0 aromatic carbocycles. The van der Waals surface area contributed by atoms with Crippen molar-refractivity contribution >= 4 is 5.91 Å². The van der Waals surface area contributed by atoms with E-state index < -0.39 is 0 Å². The molecule has 8 nitrogen and oxygen atoms in total. The molecule has 5 rings (SSSR count). The lowest BCUT2D eigenvalue weighted by Gasteiger charge is -2.22. The van der Waals surface area contributed by atoms with E-state index in [4.69, 9.17) is 4.52 Å². The molecular weight excluding hydrogens is 368 g/mol. The lowest BCUT2D eigenvalue weighted by Crippen LogP contribution is -2.36. The van der Waals surface area contributed by atoms with Crippen LogP contribution in [0.5, 0.6) is 0 Å². The quantitative estimate of drug-likeness (QED) is 0.713. The molecule has 29 heavy (non-hydrogen) atoms. The van der Waals surface area contributed by atoms with Crippen LogP contribution >= 0.6 is 0 Å². The molecule has 0 atom stereocenters. The number of rotatable bonds is 5. The summed E-state index contributed by atoms with van der Waals surface area (Å²) in [6.45, 7) is 1.88. The lowest BCUT2D eigenvalue weighted by molar-refractivity contribution is 0.0927. The summed E-state index contributed by atoms with van der Waals surface area (Å²) in [6, 6.07) is 3.97. The van der Waals surface area contributed by atoms with Gasteiger partial charge in [-0.3, -0.25) is 4.79 Å². The highest BCUT2D eigenvalue weighted by atomic mass is 16.5. The lowest BCUT2D eigenvalue weighted by atomic mass is 9.95. The number of hydrogen-bond donors (Lipinski definition) is 1. The van der Waals surface area contributed by atoms with Gasteiger partial charge in [0.05, 0.1) is 23.0 Å². The van der Waals surface area contributed by atoms with Crippen molar-refractivity contribution in [3.8, 4) is 17.3 Å². The van der Waals surface area contributed by atoms with Gasteiger partial charge in [0.1, 0.15) is 0 Å². The molecule has 2 saturated carbocycles. The van der Waals surface area contributed by atoms with Crippen molar-refractivity contribution in [1.29, 1.82) is 0 Å². The summed E-state index contributed by atoms with van der Waals surface area (Å²) in [5.74, 6) is 2.09. The van der Waals surface area contributed by atoms with Crippen LogP contribution in [0.25, 0.3) is 17.3 Å². The minimum atomic E-state index is -0.0769. The Kier molecular flexibility index (Phi) is 4.61. The first kappa shape index (κ1) is 18.0. The number of nitrogens with zero attached hydrogens (tertiary/aromatic N) is 5. The number of hydrogen-bond acceptors (Lipinski definition) is 6. The predicted octanol–water partition coefficient (Wildman–Crippen LogP) is 3.57. The van der Waals surface area contributed by atoms with Gasteiger partial charge in [0.15, 0.2) is 11.6 Å². The van der Waals surface area contributed by atoms with Gasteiger partial charge in [0.2, 0.25) is 0 Å². The van der Waals surface area contributed by atoms with E-state index in [2.05, 4.69) is 25.5 Å². The van der Waals surface area contributed by atoms with E-state index in [0.29, 0.717) is 28.8 Å². The first-order chi connectivity index (χ1) is 14.2. The number of nitrogens with one attached hydrogen (secondary N) is 1. The number of carbonyl (C=O) groups is 1. The summed E-state index contributed by atoms with van der Waals surface area (Å²) in [7, 11) is 0. The molecule has 1 amide bonds. The molecule has 0 saturated heterocycles. The normalized spacial score (nSPS) is 17.4. The molecule has 0 spiro atoms.